The van der Waals surface area contributed by atoms with Crippen LogP contribution in [0.5, 0.6) is 0 Å². The van der Waals surface area contributed by atoms with Crippen molar-refractivity contribution in [2.24, 2.45) is 0 Å². The van der Waals surface area contributed by atoms with E-state index in [0.717, 1.165) is 0 Å². The molecule has 6 aromatic carbocycles. The molecule has 1 aromatic heterocycles. The summed E-state index contributed by atoms with van der Waals surface area (Å²) in [5.74, 6) is 0. The van der Waals surface area contributed by atoms with Crippen LogP contribution in [0.25, 0.3) is 60.2 Å². The molecule has 8 rings (SSSR count). The molecule has 1 heterocycles. The summed E-state index contributed by atoms with van der Waals surface area (Å²) >= 11 is 0. The van der Waals surface area contributed by atoms with Gasteiger partial charge in [0.25, 0.3) is 0 Å². The molecule has 0 saturated heterocycles. The number of aromatic nitrogens is 1. The summed E-state index contributed by atoms with van der Waals surface area (Å²) in [6.07, 6.45) is 0. The van der Waals surface area contributed by atoms with Crippen LogP contribution in [0.15, 0.2) is 115 Å². The predicted molar refractivity (Wildman–Crippen MR) is 153 cm³/mol. The summed E-state index contributed by atoms with van der Waals surface area (Å²) in [5.41, 5.74) is 9.34. The maximum Gasteiger partial charge on any atom is 0.0619 e. The molecule has 1 heteroatoms. The first kappa shape index (κ1) is 19.9. The highest BCUT2D eigenvalue weighted by Crippen LogP contribution is 2.52. The lowest BCUT2D eigenvalue weighted by Gasteiger charge is -2.21. The van der Waals surface area contributed by atoms with Gasteiger partial charge in [0.15, 0.2) is 0 Å². The van der Waals surface area contributed by atoms with Crippen LogP contribution in [-0.2, 0) is 5.41 Å². The Morgan fingerprint density at radius 3 is 2.14 bits per heavy atom. The van der Waals surface area contributed by atoms with E-state index >= 15 is 0 Å². The van der Waals surface area contributed by atoms with E-state index in [-0.39, 0.29) is 5.41 Å². The van der Waals surface area contributed by atoms with E-state index in [4.69, 9.17) is 0 Å². The molecule has 1 aliphatic carbocycles. The lowest BCUT2D eigenvalue weighted by molar-refractivity contribution is 0.661. The van der Waals surface area contributed by atoms with E-state index in [0.29, 0.717) is 0 Å². The molecule has 0 N–H and O–H groups in total. The Morgan fingerprint density at radius 2 is 1.22 bits per heavy atom. The molecule has 0 unspecified atom stereocenters. The van der Waals surface area contributed by atoms with Crippen LogP contribution < -0.4 is 0 Å². The van der Waals surface area contributed by atoms with Crippen molar-refractivity contribution >= 4 is 43.4 Å². The van der Waals surface area contributed by atoms with Gasteiger partial charge in [0.2, 0.25) is 0 Å². The Hall–Kier alpha value is -4.36. The topological polar surface area (TPSA) is 4.93 Å². The van der Waals surface area contributed by atoms with Crippen LogP contribution in [0, 0.1) is 0 Å². The van der Waals surface area contributed by atoms with E-state index in [2.05, 4.69) is 134 Å². The molecule has 0 aliphatic heterocycles. The summed E-state index contributed by atoms with van der Waals surface area (Å²) in [6.45, 7) is 4.71. The van der Waals surface area contributed by atoms with Gasteiger partial charge in [-0.05, 0) is 56.6 Å². The van der Waals surface area contributed by atoms with Crippen molar-refractivity contribution in [3.63, 3.8) is 0 Å². The molecule has 1 nitrogen and oxygen atoms in total. The molecular formula is C35H25N. The lowest BCUT2D eigenvalue weighted by atomic mass is 9.82. The summed E-state index contributed by atoms with van der Waals surface area (Å²) in [7, 11) is 0. The number of hydrogen-bond acceptors (Lipinski definition) is 0. The number of rotatable bonds is 1. The van der Waals surface area contributed by atoms with Crippen molar-refractivity contribution in [3.05, 3.63) is 126 Å². The van der Waals surface area contributed by atoms with Crippen LogP contribution >= 0.6 is 0 Å². The Labute approximate surface area is 210 Å². The van der Waals surface area contributed by atoms with Crippen LogP contribution in [0.2, 0.25) is 0 Å². The largest absolute Gasteiger partial charge is 0.309 e. The summed E-state index contributed by atoms with van der Waals surface area (Å²) in [4.78, 5) is 0. The zero-order valence-corrected chi connectivity index (χ0v) is 20.4. The van der Waals surface area contributed by atoms with Gasteiger partial charge in [0, 0.05) is 27.3 Å². The average Bonchev–Trinajstić information content (AvgIpc) is 3.38. The second kappa shape index (κ2) is 6.86. The molecule has 0 atom stereocenters. The molecule has 1 aliphatic rings. The fourth-order valence-electron chi connectivity index (χ4n) is 6.65. The number of nitrogens with zero attached hydrogens (tertiary/aromatic N) is 1. The van der Waals surface area contributed by atoms with Crippen molar-refractivity contribution in [2.75, 3.05) is 0 Å². The minimum atomic E-state index is 0.000126. The Morgan fingerprint density at radius 1 is 0.528 bits per heavy atom. The highest BCUT2D eigenvalue weighted by Gasteiger charge is 2.36. The highest BCUT2D eigenvalue weighted by atomic mass is 15.0. The molecule has 0 spiro atoms. The summed E-state index contributed by atoms with van der Waals surface area (Å²) in [5, 5.41) is 7.77. The lowest BCUT2D eigenvalue weighted by Crippen LogP contribution is -2.14. The van der Waals surface area contributed by atoms with Gasteiger partial charge in [-0.25, -0.2) is 0 Å². The zero-order chi connectivity index (χ0) is 24.0. The monoisotopic (exact) mass is 459 g/mol. The number of para-hydroxylation sites is 1. The second-order valence-corrected chi connectivity index (χ2v) is 10.6. The minimum Gasteiger partial charge on any atom is -0.309 e. The van der Waals surface area contributed by atoms with Gasteiger partial charge in [-0.1, -0.05) is 111 Å². The third-order valence-electron chi connectivity index (χ3n) is 8.37. The summed E-state index contributed by atoms with van der Waals surface area (Å²) in [6, 6.07) is 42.6. The molecule has 0 amide bonds. The number of hydrogen-bond donors (Lipinski definition) is 0. The number of benzene rings is 6. The van der Waals surface area contributed by atoms with Crippen LogP contribution in [0.4, 0.5) is 0 Å². The molecule has 0 fully saturated rings. The third-order valence-corrected chi connectivity index (χ3v) is 8.37. The second-order valence-electron chi connectivity index (χ2n) is 10.6. The molecule has 0 saturated carbocycles. The Balaban J connectivity index is 1.55. The molecule has 0 bridgehead atoms. The van der Waals surface area contributed by atoms with E-state index in [9.17, 15) is 0 Å². The van der Waals surface area contributed by atoms with Gasteiger partial charge >= 0.3 is 0 Å². The number of fused-ring (bicyclic) bond motifs is 10. The minimum absolute atomic E-state index is 0.000126. The average molecular weight is 460 g/mol. The third kappa shape index (κ3) is 2.45. The van der Waals surface area contributed by atoms with Crippen LogP contribution in [-0.4, -0.2) is 4.57 Å². The van der Waals surface area contributed by atoms with E-state index in [1.54, 1.807) is 0 Å². The zero-order valence-electron chi connectivity index (χ0n) is 20.4. The fourth-order valence-corrected chi connectivity index (χ4v) is 6.65. The predicted octanol–water partition coefficient (Wildman–Crippen LogP) is 9.40. The normalized spacial score (nSPS) is 14.1. The molecule has 7 aromatic rings. The maximum atomic E-state index is 2.47. The quantitative estimate of drug-likeness (QED) is 0.230. The standard InChI is InChI=1S/C35H25N/c1-35(2)30-13-7-5-12-29(30)33-26-17-18-27-25-11-6-8-14-32(25)36(34(27)28(26)19-20-31(33)35)24-16-15-22-9-3-4-10-23(22)21-24/h3-21H,1-2H3. The summed E-state index contributed by atoms with van der Waals surface area (Å²) < 4.78 is 2.47. The Kier molecular flexibility index (Phi) is 3.79. The van der Waals surface area contributed by atoms with Gasteiger partial charge in [0.1, 0.15) is 0 Å². The van der Waals surface area contributed by atoms with Crippen molar-refractivity contribution in [1.29, 1.82) is 0 Å². The molecule has 36 heavy (non-hydrogen) atoms. The van der Waals surface area contributed by atoms with Crippen LogP contribution in [0.1, 0.15) is 25.0 Å². The van der Waals surface area contributed by atoms with Gasteiger partial charge in [-0.2, -0.15) is 0 Å². The SMILES string of the molecule is CC1(C)c2ccccc2-c2c1ccc1c2ccc2c3ccccc3n(-c3ccc4ccccc4c3)c12. The van der Waals surface area contributed by atoms with Gasteiger partial charge < -0.3 is 4.57 Å². The highest BCUT2D eigenvalue weighted by molar-refractivity contribution is 6.21. The van der Waals surface area contributed by atoms with Gasteiger partial charge in [-0.3, -0.25) is 0 Å². The van der Waals surface area contributed by atoms with E-state index < -0.39 is 0 Å². The molecular weight excluding hydrogens is 434 g/mol. The van der Waals surface area contributed by atoms with Gasteiger partial charge in [-0.15, -0.1) is 0 Å². The fraction of sp³-hybridized carbons (Fsp3) is 0.0857. The first-order valence-electron chi connectivity index (χ1n) is 12.7. The first-order chi connectivity index (χ1) is 17.6. The first-order valence-corrected chi connectivity index (χ1v) is 12.7. The maximum absolute atomic E-state index is 2.47. The van der Waals surface area contributed by atoms with Crippen molar-refractivity contribution in [3.8, 4) is 16.8 Å². The van der Waals surface area contributed by atoms with Crippen molar-refractivity contribution < 1.29 is 0 Å². The molecule has 0 radical (unpaired) electrons. The van der Waals surface area contributed by atoms with Gasteiger partial charge in [0.05, 0.1) is 11.0 Å². The van der Waals surface area contributed by atoms with Crippen molar-refractivity contribution in [2.45, 2.75) is 19.3 Å². The molecule has 170 valence electrons. The Bertz CT molecular complexity index is 2020. The van der Waals surface area contributed by atoms with Crippen LogP contribution in [0.3, 0.4) is 0 Å². The van der Waals surface area contributed by atoms with Crippen molar-refractivity contribution in [1.82, 2.24) is 4.57 Å². The smallest absolute Gasteiger partial charge is 0.0619 e. The van der Waals surface area contributed by atoms with E-state index in [1.165, 1.54) is 71.3 Å². The van der Waals surface area contributed by atoms with E-state index in [1.807, 2.05) is 0 Å².